The van der Waals surface area contributed by atoms with Gasteiger partial charge in [0, 0.05) is 53.8 Å². The molecular weight excluding hydrogens is 483 g/mol. The van der Waals surface area contributed by atoms with Crippen molar-refractivity contribution in [1.29, 1.82) is 0 Å². The Labute approximate surface area is 215 Å². The van der Waals surface area contributed by atoms with Crippen LogP contribution in [0.5, 0.6) is 0 Å². The number of allylic oxidation sites excluding steroid dienone is 1. The van der Waals surface area contributed by atoms with Gasteiger partial charge < -0.3 is 20.3 Å². The summed E-state index contributed by atoms with van der Waals surface area (Å²) in [6, 6.07) is 2.89. The lowest BCUT2D eigenvalue weighted by molar-refractivity contribution is -0.126. The van der Waals surface area contributed by atoms with E-state index in [1.165, 1.54) is 4.90 Å². The molecule has 3 heterocycles. The summed E-state index contributed by atoms with van der Waals surface area (Å²) in [4.78, 5) is 26.9. The zero-order chi connectivity index (χ0) is 25.9. The molecule has 2 aliphatic carbocycles. The lowest BCUT2D eigenvalue weighted by atomic mass is 9.82. The van der Waals surface area contributed by atoms with Crippen LogP contribution in [0, 0.1) is 11.2 Å². The number of alkyl halides is 2. The number of carbonyl (C=O) groups excluding carboxylic acids is 2. The Kier molecular flexibility index (Phi) is 6.14. The van der Waals surface area contributed by atoms with Gasteiger partial charge in [0.2, 0.25) is 5.91 Å². The molecular formula is C28H34F3N3O3. The second kappa shape index (κ2) is 9.12. The van der Waals surface area contributed by atoms with Crippen molar-refractivity contribution in [2.24, 2.45) is 5.41 Å². The van der Waals surface area contributed by atoms with Crippen LogP contribution in [0.25, 0.3) is 0 Å². The molecule has 1 aromatic carbocycles. The SMILES string of the molecule is C=C1CCC(N2Cc3c(ccc(C[C@H]4OCCC[C@@H]4NC4CCC5(CC4)CC5(F)F)c3F)C2=O)C(=O)N1. The van der Waals surface area contributed by atoms with E-state index >= 15 is 4.39 Å². The minimum Gasteiger partial charge on any atom is -0.376 e. The molecule has 2 saturated carbocycles. The van der Waals surface area contributed by atoms with Crippen molar-refractivity contribution in [2.45, 2.75) is 101 Å². The third kappa shape index (κ3) is 4.38. The lowest BCUT2D eigenvalue weighted by Crippen LogP contribution is -2.50. The monoisotopic (exact) mass is 517 g/mol. The maximum Gasteiger partial charge on any atom is 0.255 e. The van der Waals surface area contributed by atoms with Gasteiger partial charge in [0.15, 0.2) is 0 Å². The van der Waals surface area contributed by atoms with Crippen LogP contribution in [0.15, 0.2) is 24.4 Å². The van der Waals surface area contributed by atoms with E-state index in [0.717, 1.165) is 25.7 Å². The van der Waals surface area contributed by atoms with E-state index in [0.29, 0.717) is 61.1 Å². The Hall–Kier alpha value is -2.39. The van der Waals surface area contributed by atoms with Crippen LogP contribution < -0.4 is 10.6 Å². The minimum atomic E-state index is -2.49. The number of benzene rings is 1. The van der Waals surface area contributed by atoms with Crippen LogP contribution in [0.3, 0.4) is 0 Å². The van der Waals surface area contributed by atoms with Gasteiger partial charge in [0.25, 0.3) is 11.8 Å². The molecule has 2 N–H and O–H groups in total. The number of nitrogens with one attached hydrogen (secondary N) is 2. The highest BCUT2D eigenvalue weighted by Crippen LogP contribution is 2.67. The van der Waals surface area contributed by atoms with E-state index in [2.05, 4.69) is 17.2 Å². The minimum absolute atomic E-state index is 0.0253. The first-order chi connectivity index (χ1) is 17.7. The number of nitrogens with zero attached hydrogens (tertiary/aromatic N) is 1. The third-order valence-corrected chi connectivity index (χ3v) is 9.31. The van der Waals surface area contributed by atoms with Crippen molar-refractivity contribution in [3.05, 3.63) is 46.9 Å². The predicted octanol–water partition coefficient (Wildman–Crippen LogP) is 4.22. The molecule has 5 aliphatic rings. The molecule has 6 nitrogen and oxygen atoms in total. The highest BCUT2D eigenvalue weighted by Gasteiger charge is 2.70. The fourth-order valence-electron chi connectivity index (χ4n) is 6.90. The Morgan fingerprint density at radius 2 is 1.92 bits per heavy atom. The average Bonchev–Trinajstić information content (AvgIpc) is 3.22. The van der Waals surface area contributed by atoms with Crippen LogP contribution in [-0.4, -0.2) is 53.5 Å². The molecule has 37 heavy (non-hydrogen) atoms. The molecule has 2 amide bonds. The topological polar surface area (TPSA) is 70.7 Å². The zero-order valence-electron chi connectivity index (χ0n) is 21.0. The predicted molar refractivity (Wildman–Crippen MR) is 130 cm³/mol. The fraction of sp³-hybridized carbons (Fsp3) is 0.643. The van der Waals surface area contributed by atoms with Crippen molar-refractivity contribution in [3.63, 3.8) is 0 Å². The molecule has 1 spiro atoms. The number of ether oxygens (including phenoxy) is 1. The number of hydrogen-bond donors (Lipinski definition) is 2. The van der Waals surface area contributed by atoms with Crippen LogP contribution in [0.4, 0.5) is 13.2 Å². The van der Waals surface area contributed by atoms with Crippen molar-refractivity contribution in [3.8, 4) is 0 Å². The van der Waals surface area contributed by atoms with E-state index in [-0.39, 0.29) is 43.0 Å². The highest BCUT2D eigenvalue weighted by atomic mass is 19.3. The van der Waals surface area contributed by atoms with Crippen LogP contribution in [0.1, 0.15) is 79.3 Å². The standard InChI is InChI=1S/C28H34F3N3O3/c1-16-4-7-22(25(35)32-16)34-14-20-19(26(34)36)6-5-17(24(20)29)13-23-21(3-2-12-37-23)33-18-8-10-27(11-9-18)15-28(27,30)31/h5-6,18,21-23,33H,1-4,7-15H2,(H,32,35)/t18?,21-,22?,23+,27?/m0/s1. The first-order valence-electron chi connectivity index (χ1n) is 13.5. The van der Waals surface area contributed by atoms with Crippen molar-refractivity contribution in [1.82, 2.24) is 15.5 Å². The molecule has 9 heteroatoms. The van der Waals surface area contributed by atoms with E-state index in [4.69, 9.17) is 4.74 Å². The van der Waals surface area contributed by atoms with Crippen LogP contribution >= 0.6 is 0 Å². The number of hydrogen-bond acceptors (Lipinski definition) is 4. The Morgan fingerprint density at radius 1 is 1.16 bits per heavy atom. The van der Waals surface area contributed by atoms with Crippen molar-refractivity contribution < 1.29 is 27.5 Å². The number of piperidine rings is 1. The van der Waals surface area contributed by atoms with Gasteiger partial charge in [-0.1, -0.05) is 12.6 Å². The third-order valence-electron chi connectivity index (χ3n) is 9.31. The largest absolute Gasteiger partial charge is 0.376 e. The summed E-state index contributed by atoms with van der Waals surface area (Å²) in [5, 5.41) is 6.35. The molecule has 0 bridgehead atoms. The summed E-state index contributed by atoms with van der Waals surface area (Å²) in [5.41, 5.74) is 1.01. The summed E-state index contributed by atoms with van der Waals surface area (Å²) < 4.78 is 49.3. The maximum absolute atomic E-state index is 15.7. The molecule has 1 unspecified atom stereocenters. The molecule has 4 fully saturated rings. The zero-order valence-corrected chi connectivity index (χ0v) is 21.0. The van der Waals surface area contributed by atoms with Gasteiger partial charge in [-0.15, -0.1) is 0 Å². The van der Waals surface area contributed by atoms with Crippen molar-refractivity contribution >= 4 is 11.8 Å². The summed E-state index contributed by atoms with van der Waals surface area (Å²) >= 11 is 0. The Bertz CT molecular complexity index is 1130. The first kappa shape index (κ1) is 24.9. The quantitative estimate of drug-likeness (QED) is 0.614. The maximum atomic E-state index is 15.7. The summed E-state index contributed by atoms with van der Waals surface area (Å²) in [7, 11) is 0. The van der Waals surface area contributed by atoms with Crippen LogP contribution in [-0.2, 0) is 22.5 Å². The van der Waals surface area contributed by atoms with Gasteiger partial charge in [-0.05, 0) is 63.0 Å². The number of rotatable bonds is 5. The molecule has 0 radical (unpaired) electrons. The summed E-state index contributed by atoms with van der Waals surface area (Å²) in [5.74, 6) is -3.50. The molecule has 200 valence electrons. The number of carbonyl (C=O) groups is 2. The Balaban J connectivity index is 1.12. The molecule has 0 aromatic heterocycles. The molecule has 6 rings (SSSR count). The lowest BCUT2D eigenvalue weighted by Gasteiger charge is -2.38. The van der Waals surface area contributed by atoms with Gasteiger partial charge in [-0.25, -0.2) is 13.2 Å². The fourth-order valence-corrected chi connectivity index (χ4v) is 6.90. The smallest absolute Gasteiger partial charge is 0.255 e. The van der Waals surface area contributed by atoms with Gasteiger partial charge in [0.1, 0.15) is 11.9 Å². The molecule has 3 atom stereocenters. The van der Waals surface area contributed by atoms with E-state index < -0.39 is 23.2 Å². The van der Waals surface area contributed by atoms with E-state index in [1.807, 2.05) is 0 Å². The first-order valence-corrected chi connectivity index (χ1v) is 13.5. The molecule has 3 aliphatic heterocycles. The average molecular weight is 518 g/mol. The number of amides is 2. The normalized spacial score (nSPS) is 35.0. The van der Waals surface area contributed by atoms with Crippen molar-refractivity contribution in [2.75, 3.05) is 6.61 Å². The van der Waals surface area contributed by atoms with E-state index in [9.17, 15) is 18.4 Å². The highest BCUT2D eigenvalue weighted by molar-refractivity contribution is 6.01. The molecule has 1 aromatic rings. The number of fused-ring (bicyclic) bond motifs is 1. The summed E-state index contributed by atoms with van der Waals surface area (Å²) in [6.07, 6.45) is 5.56. The Morgan fingerprint density at radius 3 is 2.62 bits per heavy atom. The van der Waals surface area contributed by atoms with Gasteiger partial charge in [-0.3, -0.25) is 9.59 Å². The van der Waals surface area contributed by atoms with E-state index in [1.54, 1.807) is 12.1 Å². The molecule has 2 saturated heterocycles. The number of halogens is 3. The second-order valence-electron chi connectivity index (χ2n) is 11.6. The van der Waals surface area contributed by atoms with Crippen LogP contribution in [0.2, 0.25) is 0 Å². The van der Waals surface area contributed by atoms with Gasteiger partial charge >= 0.3 is 0 Å². The van der Waals surface area contributed by atoms with Gasteiger partial charge in [0.05, 0.1) is 12.6 Å². The second-order valence-corrected chi connectivity index (χ2v) is 11.6. The van der Waals surface area contributed by atoms with Gasteiger partial charge in [-0.2, -0.15) is 0 Å². The summed E-state index contributed by atoms with van der Waals surface area (Å²) in [6.45, 7) is 4.45.